The SMILES string of the molecule is CN(C)Cc1cc(C(C)(C)C)cc(O)c1O. The van der Waals surface area contributed by atoms with E-state index in [1.165, 1.54) is 0 Å². The van der Waals surface area contributed by atoms with Crippen LogP contribution in [-0.4, -0.2) is 29.2 Å². The third-order valence-corrected chi connectivity index (χ3v) is 2.52. The van der Waals surface area contributed by atoms with E-state index < -0.39 is 0 Å². The van der Waals surface area contributed by atoms with E-state index in [0.717, 1.165) is 11.1 Å². The van der Waals surface area contributed by atoms with Gasteiger partial charge in [0.2, 0.25) is 0 Å². The lowest BCUT2D eigenvalue weighted by Gasteiger charge is -2.22. The van der Waals surface area contributed by atoms with Crippen molar-refractivity contribution in [2.45, 2.75) is 32.7 Å². The van der Waals surface area contributed by atoms with E-state index in [1.54, 1.807) is 6.07 Å². The van der Waals surface area contributed by atoms with Crippen molar-refractivity contribution in [3.05, 3.63) is 23.3 Å². The molecule has 0 amide bonds. The molecular weight excluding hydrogens is 202 g/mol. The van der Waals surface area contributed by atoms with Gasteiger partial charge in [0.15, 0.2) is 11.5 Å². The molecule has 0 fully saturated rings. The second-order valence-electron chi connectivity index (χ2n) is 5.49. The highest BCUT2D eigenvalue weighted by Crippen LogP contribution is 2.35. The number of aromatic hydroxyl groups is 2. The average molecular weight is 223 g/mol. The van der Waals surface area contributed by atoms with Crippen molar-refractivity contribution >= 4 is 0 Å². The van der Waals surface area contributed by atoms with Gasteiger partial charge in [-0.2, -0.15) is 0 Å². The Morgan fingerprint density at radius 2 is 1.69 bits per heavy atom. The van der Waals surface area contributed by atoms with Gasteiger partial charge in [0, 0.05) is 12.1 Å². The van der Waals surface area contributed by atoms with Crippen LogP contribution in [0.5, 0.6) is 11.5 Å². The average Bonchev–Trinajstić information content (AvgIpc) is 2.10. The molecule has 0 aliphatic carbocycles. The molecule has 0 bridgehead atoms. The van der Waals surface area contributed by atoms with Crippen LogP contribution in [0.25, 0.3) is 0 Å². The number of hydrogen-bond donors (Lipinski definition) is 2. The second-order valence-corrected chi connectivity index (χ2v) is 5.49. The summed E-state index contributed by atoms with van der Waals surface area (Å²) in [4.78, 5) is 1.96. The number of nitrogens with zero attached hydrogens (tertiary/aromatic N) is 1. The molecule has 0 unspecified atom stereocenters. The van der Waals surface area contributed by atoms with Gasteiger partial charge in [0.05, 0.1) is 0 Å². The van der Waals surface area contributed by atoms with Gasteiger partial charge in [0.1, 0.15) is 0 Å². The van der Waals surface area contributed by atoms with Gasteiger partial charge >= 0.3 is 0 Å². The molecule has 0 saturated carbocycles. The fourth-order valence-corrected chi connectivity index (χ4v) is 1.57. The van der Waals surface area contributed by atoms with Crippen molar-refractivity contribution in [3.63, 3.8) is 0 Å². The monoisotopic (exact) mass is 223 g/mol. The van der Waals surface area contributed by atoms with Crippen LogP contribution in [0.3, 0.4) is 0 Å². The zero-order valence-electron chi connectivity index (χ0n) is 10.7. The van der Waals surface area contributed by atoms with Crippen LogP contribution in [0.2, 0.25) is 0 Å². The predicted molar refractivity (Wildman–Crippen MR) is 65.9 cm³/mol. The maximum absolute atomic E-state index is 9.76. The Kier molecular flexibility index (Phi) is 3.48. The van der Waals surface area contributed by atoms with Crippen molar-refractivity contribution < 1.29 is 10.2 Å². The van der Waals surface area contributed by atoms with Crippen molar-refractivity contribution in [1.29, 1.82) is 0 Å². The van der Waals surface area contributed by atoms with Crippen LogP contribution in [0.4, 0.5) is 0 Å². The first-order valence-corrected chi connectivity index (χ1v) is 5.42. The number of benzene rings is 1. The topological polar surface area (TPSA) is 43.7 Å². The van der Waals surface area contributed by atoms with Crippen LogP contribution >= 0.6 is 0 Å². The molecular formula is C13H21NO2. The molecule has 2 N–H and O–H groups in total. The van der Waals surface area contributed by atoms with Gasteiger partial charge in [0.25, 0.3) is 0 Å². The van der Waals surface area contributed by atoms with Crippen molar-refractivity contribution in [3.8, 4) is 11.5 Å². The van der Waals surface area contributed by atoms with Crippen LogP contribution in [0.1, 0.15) is 31.9 Å². The molecule has 16 heavy (non-hydrogen) atoms. The molecule has 0 aliphatic heterocycles. The Labute approximate surface area is 97.3 Å². The molecule has 0 spiro atoms. The Morgan fingerprint density at radius 1 is 1.12 bits per heavy atom. The largest absolute Gasteiger partial charge is 0.504 e. The van der Waals surface area contributed by atoms with Gasteiger partial charge in [-0.1, -0.05) is 26.8 Å². The van der Waals surface area contributed by atoms with Crippen LogP contribution in [-0.2, 0) is 12.0 Å². The number of rotatable bonds is 2. The lowest BCUT2D eigenvalue weighted by atomic mass is 9.85. The Morgan fingerprint density at radius 3 is 2.12 bits per heavy atom. The molecule has 0 atom stereocenters. The minimum Gasteiger partial charge on any atom is -0.504 e. The lowest BCUT2D eigenvalue weighted by Crippen LogP contribution is -2.14. The summed E-state index contributed by atoms with van der Waals surface area (Å²) in [5.74, 6) is -0.0500. The Hall–Kier alpha value is -1.22. The molecule has 90 valence electrons. The summed E-state index contributed by atoms with van der Waals surface area (Å²) in [5, 5.41) is 19.4. The molecule has 0 aromatic heterocycles. The number of hydrogen-bond acceptors (Lipinski definition) is 3. The summed E-state index contributed by atoms with van der Waals surface area (Å²) in [7, 11) is 3.86. The predicted octanol–water partition coefficient (Wildman–Crippen LogP) is 2.46. The standard InChI is InChI=1S/C13H21NO2/c1-13(2,3)10-6-9(8-14(4)5)12(16)11(15)7-10/h6-7,15-16H,8H2,1-5H3. The summed E-state index contributed by atoms with van der Waals surface area (Å²) in [5.41, 5.74) is 1.75. The molecule has 0 heterocycles. The summed E-state index contributed by atoms with van der Waals surface area (Å²) in [6, 6.07) is 3.59. The number of phenols is 2. The quantitative estimate of drug-likeness (QED) is 0.757. The van der Waals surface area contributed by atoms with Gasteiger partial charge in [-0.05, 0) is 31.1 Å². The lowest BCUT2D eigenvalue weighted by molar-refractivity contribution is 0.366. The first-order chi connectivity index (χ1) is 7.21. The Bertz CT molecular complexity index is 378. The van der Waals surface area contributed by atoms with Crippen molar-refractivity contribution in [1.82, 2.24) is 4.90 Å². The maximum atomic E-state index is 9.76. The second kappa shape index (κ2) is 4.34. The molecule has 1 aromatic rings. The van der Waals surface area contributed by atoms with Gasteiger partial charge < -0.3 is 15.1 Å². The zero-order valence-corrected chi connectivity index (χ0v) is 10.7. The Balaban J connectivity index is 3.22. The van der Waals surface area contributed by atoms with Crippen molar-refractivity contribution in [2.75, 3.05) is 14.1 Å². The van der Waals surface area contributed by atoms with E-state index in [2.05, 4.69) is 20.8 Å². The van der Waals surface area contributed by atoms with E-state index in [4.69, 9.17) is 0 Å². The summed E-state index contributed by atoms with van der Waals surface area (Å²) in [6.07, 6.45) is 0. The highest BCUT2D eigenvalue weighted by Gasteiger charge is 2.18. The van der Waals surface area contributed by atoms with Crippen LogP contribution in [0.15, 0.2) is 12.1 Å². The minimum absolute atomic E-state index is 0.0123. The molecule has 1 rings (SSSR count). The highest BCUT2D eigenvalue weighted by atomic mass is 16.3. The zero-order chi connectivity index (χ0) is 12.5. The van der Waals surface area contributed by atoms with E-state index in [1.807, 2.05) is 25.1 Å². The van der Waals surface area contributed by atoms with Crippen LogP contribution < -0.4 is 0 Å². The van der Waals surface area contributed by atoms with Gasteiger partial charge in [-0.25, -0.2) is 0 Å². The molecule has 3 nitrogen and oxygen atoms in total. The number of phenolic OH excluding ortho intramolecular Hbond substituents is 2. The van der Waals surface area contributed by atoms with Crippen LogP contribution in [0, 0.1) is 0 Å². The summed E-state index contributed by atoms with van der Waals surface area (Å²) in [6.45, 7) is 6.86. The van der Waals surface area contributed by atoms with E-state index in [-0.39, 0.29) is 16.9 Å². The minimum atomic E-state index is -0.0377. The fourth-order valence-electron chi connectivity index (χ4n) is 1.57. The fraction of sp³-hybridized carbons (Fsp3) is 0.538. The first kappa shape index (κ1) is 12.8. The maximum Gasteiger partial charge on any atom is 0.162 e. The van der Waals surface area contributed by atoms with E-state index >= 15 is 0 Å². The molecule has 1 aromatic carbocycles. The van der Waals surface area contributed by atoms with E-state index in [0.29, 0.717) is 6.54 Å². The summed E-state index contributed by atoms with van der Waals surface area (Å²) < 4.78 is 0. The highest BCUT2D eigenvalue weighted by molar-refractivity contribution is 5.49. The smallest absolute Gasteiger partial charge is 0.162 e. The first-order valence-electron chi connectivity index (χ1n) is 5.42. The molecule has 0 saturated heterocycles. The molecule has 3 heteroatoms. The van der Waals surface area contributed by atoms with Gasteiger partial charge in [-0.15, -0.1) is 0 Å². The molecule has 0 aliphatic rings. The third kappa shape index (κ3) is 2.89. The third-order valence-electron chi connectivity index (χ3n) is 2.52. The van der Waals surface area contributed by atoms with Gasteiger partial charge in [-0.3, -0.25) is 0 Å². The summed E-state index contributed by atoms with van der Waals surface area (Å²) >= 11 is 0. The van der Waals surface area contributed by atoms with Crippen molar-refractivity contribution in [2.24, 2.45) is 0 Å². The molecule has 0 radical (unpaired) electrons. The normalized spacial score (nSPS) is 12.1. The van der Waals surface area contributed by atoms with E-state index in [9.17, 15) is 10.2 Å².